The normalized spacial score (nSPS) is 12.4. The topological polar surface area (TPSA) is 62.8 Å². The third kappa shape index (κ3) is 3.90. The number of nitrogens with zero attached hydrogens (tertiary/aromatic N) is 1. The molecule has 10 heteroatoms. The molecule has 2 aromatic carbocycles. The van der Waals surface area contributed by atoms with Crippen LogP contribution < -0.4 is 0 Å². The predicted octanol–water partition coefficient (Wildman–Crippen LogP) is 5.27. The molecule has 0 saturated carbocycles. The zero-order valence-electron chi connectivity index (χ0n) is 14.5. The number of rotatable bonds is 3. The average Bonchev–Trinajstić information content (AvgIpc) is 3.01. The molecule has 0 spiro atoms. The number of hydrogen-bond donors (Lipinski definition) is 1. The van der Waals surface area contributed by atoms with E-state index in [0.29, 0.717) is 16.1 Å². The monoisotopic (exact) mass is 432 g/mol. The van der Waals surface area contributed by atoms with Crippen LogP contribution in [0.1, 0.15) is 11.4 Å². The van der Waals surface area contributed by atoms with E-state index in [2.05, 4.69) is 9.97 Å². The Morgan fingerprint density at radius 1 is 1.07 bits per heavy atom. The van der Waals surface area contributed by atoms with E-state index in [0.717, 1.165) is 18.4 Å². The van der Waals surface area contributed by atoms with E-state index in [1.54, 1.807) is 13.0 Å². The van der Waals surface area contributed by atoms with Gasteiger partial charge in [0, 0.05) is 22.4 Å². The van der Waals surface area contributed by atoms with Crippen molar-refractivity contribution in [2.45, 2.75) is 18.0 Å². The summed E-state index contributed by atoms with van der Waals surface area (Å²) in [6.45, 7) is 1.68. The zero-order chi connectivity index (χ0) is 20.9. The molecule has 148 valence electrons. The molecule has 1 heterocycles. The highest BCUT2D eigenvalue weighted by Gasteiger charge is 2.36. The first-order valence-corrected chi connectivity index (χ1v) is 10.1. The van der Waals surface area contributed by atoms with Gasteiger partial charge in [-0.15, -0.1) is 0 Å². The average molecular weight is 433 g/mol. The Balaban J connectivity index is 2.24. The van der Waals surface area contributed by atoms with Crippen LogP contribution in [-0.2, 0) is 16.0 Å². The molecule has 0 radical (unpaired) electrons. The lowest BCUT2D eigenvalue weighted by Crippen LogP contribution is -2.07. The minimum atomic E-state index is -4.75. The predicted molar refractivity (Wildman–Crippen MR) is 97.3 cm³/mol. The summed E-state index contributed by atoms with van der Waals surface area (Å²) >= 11 is 5.97. The van der Waals surface area contributed by atoms with Crippen molar-refractivity contribution in [3.05, 3.63) is 58.6 Å². The van der Waals surface area contributed by atoms with Crippen LogP contribution in [0.3, 0.4) is 0 Å². The van der Waals surface area contributed by atoms with Gasteiger partial charge in [-0.25, -0.2) is 17.8 Å². The van der Waals surface area contributed by atoms with Gasteiger partial charge in [0.1, 0.15) is 10.7 Å². The Bertz CT molecular complexity index is 1170. The number of aryl methyl sites for hydroxylation is 1. The van der Waals surface area contributed by atoms with Crippen LogP contribution in [0.5, 0.6) is 0 Å². The number of aromatic amines is 1. The highest BCUT2D eigenvalue weighted by atomic mass is 35.5. The number of nitrogens with one attached hydrogen (secondary N) is 1. The number of benzene rings is 2. The van der Waals surface area contributed by atoms with E-state index < -0.39 is 32.6 Å². The molecule has 4 nitrogen and oxygen atoms in total. The van der Waals surface area contributed by atoms with E-state index in [9.17, 15) is 26.0 Å². The molecule has 0 bridgehead atoms. The van der Waals surface area contributed by atoms with Crippen molar-refractivity contribution in [3.63, 3.8) is 0 Å². The minimum Gasteiger partial charge on any atom is -0.334 e. The summed E-state index contributed by atoms with van der Waals surface area (Å²) in [5, 5.41) is 0.431. The van der Waals surface area contributed by atoms with Gasteiger partial charge in [-0.2, -0.15) is 13.2 Å². The first kappa shape index (κ1) is 20.3. The van der Waals surface area contributed by atoms with Crippen molar-refractivity contribution in [3.8, 4) is 22.5 Å². The number of sulfone groups is 1. The van der Waals surface area contributed by atoms with E-state index in [1.807, 2.05) is 0 Å². The molecule has 1 N–H and O–H groups in total. The standard InChI is InChI=1S/C18H13ClF4N2O2S/c1-9-7-10(3-5-12(9)19)15-16(25-17(24-15)18(21,22)23)11-4-6-14(13(20)8-11)28(2,26)27/h3-8H,1-2H3,(H,24,25). The summed E-state index contributed by atoms with van der Waals surface area (Å²) in [6, 6.07) is 7.66. The highest BCUT2D eigenvalue weighted by molar-refractivity contribution is 7.90. The SMILES string of the molecule is Cc1cc(-c2nc(C(F)(F)F)[nH]c2-c2ccc(S(C)(=O)=O)c(F)c2)ccc1Cl. The Kier molecular flexibility index (Phi) is 5.01. The molecule has 28 heavy (non-hydrogen) atoms. The summed E-state index contributed by atoms with van der Waals surface area (Å²) in [5.41, 5.74) is 0.846. The van der Waals surface area contributed by atoms with Crippen LogP contribution in [0.4, 0.5) is 17.6 Å². The van der Waals surface area contributed by atoms with Gasteiger partial charge in [0.2, 0.25) is 5.82 Å². The lowest BCUT2D eigenvalue weighted by atomic mass is 10.0. The Labute approximate surface area is 163 Å². The highest BCUT2D eigenvalue weighted by Crippen LogP contribution is 2.37. The molecule has 0 unspecified atom stereocenters. The first-order chi connectivity index (χ1) is 12.9. The number of imidazole rings is 1. The smallest absolute Gasteiger partial charge is 0.334 e. The third-order valence-electron chi connectivity index (χ3n) is 4.02. The van der Waals surface area contributed by atoms with Gasteiger partial charge < -0.3 is 4.98 Å². The van der Waals surface area contributed by atoms with Crippen LogP contribution in [0, 0.1) is 12.7 Å². The summed E-state index contributed by atoms with van der Waals surface area (Å²) in [4.78, 5) is 5.26. The largest absolute Gasteiger partial charge is 0.449 e. The number of hydrogen-bond acceptors (Lipinski definition) is 3. The minimum absolute atomic E-state index is 0.0236. The fourth-order valence-electron chi connectivity index (χ4n) is 2.67. The Hall–Kier alpha value is -2.39. The van der Waals surface area contributed by atoms with Crippen LogP contribution in [0.15, 0.2) is 41.3 Å². The van der Waals surface area contributed by atoms with Crippen LogP contribution in [0.2, 0.25) is 5.02 Å². The summed E-state index contributed by atoms with van der Waals surface area (Å²) in [5.74, 6) is -2.32. The van der Waals surface area contributed by atoms with Gasteiger partial charge in [0.05, 0.1) is 11.4 Å². The summed E-state index contributed by atoms with van der Waals surface area (Å²) < 4.78 is 77.0. The Morgan fingerprint density at radius 2 is 1.71 bits per heavy atom. The maximum Gasteiger partial charge on any atom is 0.449 e. The number of halogens is 5. The maximum absolute atomic E-state index is 14.3. The van der Waals surface area contributed by atoms with Crippen molar-refractivity contribution in [2.75, 3.05) is 6.26 Å². The quantitative estimate of drug-likeness (QED) is 0.574. The van der Waals surface area contributed by atoms with Crippen molar-refractivity contribution < 1.29 is 26.0 Å². The van der Waals surface area contributed by atoms with E-state index in [-0.39, 0.29) is 17.0 Å². The fraction of sp³-hybridized carbons (Fsp3) is 0.167. The molecule has 3 aromatic rings. The van der Waals surface area contributed by atoms with Crippen LogP contribution in [-0.4, -0.2) is 24.6 Å². The molecular weight excluding hydrogens is 420 g/mol. The zero-order valence-corrected chi connectivity index (χ0v) is 16.1. The van der Waals surface area contributed by atoms with Gasteiger partial charge in [-0.1, -0.05) is 23.7 Å². The first-order valence-electron chi connectivity index (χ1n) is 7.81. The van der Waals surface area contributed by atoms with Gasteiger partial charge in [0.15, 0.2) is 9.84 Å². The molecule has 0 aliphatic carbocycles. The van der Waals surface area contributed by atoms with Crippen LogP contribution in [0.25, 0.3) is 22.5 Å². The van der Waals surface area contributed by atoms with E-state index in [4.69, 9.17) is 11.6 Å². The molecule has 0 saturated heterocycles. The Morgan fingerprint density at radius 3 is 2.25 bits per heavy atom. The molecule has 0 fully saturated rings. The van der Waals surface area contributed by atoms with Gasteiger partial charge >= 0.3 is 6.18 Å². The lowest BCUT2D eigenvalue weighted by molar-refractivity contribution is -0.144. The van der Waals surface area contributed by atoms with Crippen molar-refractivity contribution in [2.24, 2.45) is 0 Å². The molecule has 3 rings (SSSR count). The van der Waals surface area contributed by atoms with Crippen molar-refractivity contribution in [1.82, 2.24) is 9.97 Å². The molecular formula is C18H13ClF4N2O2S. The second-order valence-corrected chi connectivity index (χ2v) is 8.58. The van der Waals surface area contributed by atoms with Gasteiger partial charge in [-0.05, 0) is 36.8 Å². The second kappa shape index (κ2) is 6.89. The van der Waals surface area contributed by atoms with Gasteiger partial charge in [0.25, 0.3) is 0 Å². The number of H-pyrrole nitrogens is 1. The number of alkyl halides is 3. The van der Waals surface area contributed by atoms with Crippen LogP contribution >= 0.6 is 11.6 Å². The van der Waals surface area contributed by atoms with E-state index >= 15 is 0 Å². The summed E-state index contributed by atoms with van der Waals surface area (Å²) in [7, 11) is -3.82. The third-order valence-corrected chi connectivity index (χ3v) is 5.58. The molecule has 0 aliphatic rings. The van der Waals surface area contributed by atoms with Gasteiger partial charge in [-0.3, -0.25) is 0 Å². The number of aromatic nitrogens is 2. The second-order valence-electron chi connectivity index (χ2n) is 6.19. The lowest BCUT2D eigenvalue weighted by Gasteiger charge is -2.07. The molecule has 0 aliphatic heterocycles. The van der Waals surface area contributed by atoms with E-state index in [1.165, 1.54) is 18.2 Å². The van der Waals surface area contributed by atoms with Crippen molar-refractivity contribution >= 4 is 21.4 Å². The molecule has 1 aromatic heterocycles. The molecule has 0 atom stereocenters. The maximum atomic E-state index is 14.3. The summed E-state index contributed by atoms with van der Waals surface area (Å²) in [6.07, 6.45) is -3.91. The molecule has 0 amide bonds. The fourth-order valence-corrected chi connectivity index (χ4v) is 3.52. The van der Waals surface area contributed by atoms with Crippen molar-refractivity contribution in [1.29, 1.82) is 0 Å².